The van der Waals surface area contributed by atoms with E-state index in [1.54, 1.807) is 0 Å². The fourth-order valence-electron chi connectivity index (χ4n) is 1.01. The topological polar surface area (TPSA) is 77.8 Å². The Morgan fingerprint density at radius 1 is 0.923 bits per heavy atom. The predicted octanol–water partition coefficient (Wildman–Crippen LogP) is 1.05. The lowest BCUT2D eigenvalue weighted by atomic mass is 10.2. The van der Waals surface area contributed by atoms with Crippen molar-refractivity contribution in [3.05, 3.63) is 47.6 Å². The fourth-order valence-corrected chi connectivity index (χ4v) is 1.01. The third kappa shape index (κ3) is 4.01. The first-order valence-electron chi connectivity index (χ1n) is 3.52. The van der Waals surface area contributed by atoms with E-state index in [1.807, 2.05) is 0 Å². The van der Waals surface area contributed by atoms with Crippen LogP contribution in [-0.2, 0) is 4.57 Å². The van der Waals surface area contributed by atoms with Crippen molar-refractivity contribution >= 4 is 7.82 Å². The van der Waals surface area contributed by atoms with Crippen molar-refractivity contribution in [3.8, 4) is 0 Å². The minimum atomic E-state index is -4.64. The zero-order valence-electron chi connectivity index (χ0n) is 6.66. The molecule has 13 heavy (non-hydrogen) atoms. The van der Waals surface area contributed by atoms with Gasteiger partial charge < -0.3 is 14.7 Å². The largest absolute Gasteiger partial charge is 0.466 e. The van der Waals surface area contributed by atoms with Gasteiger partial charge in [-0.3, -0.25) is 0 Å². The molecule has 4 nitrogen and oxygen atoms in total. The summed E-state index contributed by atoms with van der Waals surface area (Å²) < 4.78 is 8.88. The summed E-state index contributed by atoms with van der Waals surface area (Å²) >= 11 is 0. The molecule has 0 heterocycles. The molecule has 2 rings (SSSR count). The third-order valence-electron chi connectivity index (χ3n) is 1.44. The van der Waals surface area contributed by atoms with Crippen LogP contribution in [0.5, 0.6) is 0 Å². The zero-order chi connectivity index (χ0) is 9.90. The second kappa shape index (κ2) is 3.85. The summed E-state index contributed by atoms with van der Waals surface area (Å²) in [6.45, 7) is 0. The summed E-state index contributed by atoms with van der Waals surface area (Å²) in [7, 11) is -4.64. The van der Waals surface area contributed by atoms with Crippen LogP contribution >= 0.6 is 7.82 Å². The molecular weight excluding hydrogens is 191 g/mol. The summed E-state index contributed by atoms with van der Waals surface area (Å²) in [5.41, 5.74) is 2.70. The standard InChI is InChI=1S/C8H6.H3O4P/c1-3-7-5-2-6-8(7)4-1;1-5(2,3)4/h1-6H;(H3,1,2,3,4). The first-order valence-corrected chi connectivity index (χ1v) is 5.09. The monoisotopic (exact) mass is 200 g/mol. The molecule has 2 aliphatic carbocycles. The summed E-state index contributed by atoms with van der Waals surface area (Å²) in [6, 6.07) is 0. The molecule has 5 heteroatoms. The van der Waals surface area contributed by atoms with Crippen molar-refractivity contribution in [1.29, 1.82) is 0 Å². The second-order valence-electron chi connectivity index (χ2n) is 2.48. The lowest BCUT2D eigenvalue weighted by Crippen LogP contribution is -1.67. The number of rotatable bonds is 0. The number of hydrogen-bond acceptors (Lipinski definition) is 1. The average Bonchev–Trinajstić information content (AvgIpc) is 2.36. The zero-order valence-corrected chi connectivity index (χ0v) is 7.56. The van der Waals surface area contributed by atoms with Crippen LogP contribution in [0.2, 0.25) is 0 Å². The maximum atomic E-state index is 8.88. The van der Waals surface area contributed by atoms with Gasteiger partial charge in [-0.25, -0.2) is 4.57 Å². The van der Waals surface area contributed by atoms with E-state index in [9.17, 15) is 0 Å². The highest BCUT2D eigenvalue weighted by Crippen LogP contribution is 2.25. The van der Waals surface area contributed by atoms with E-state index in [4.69, 9.17) is 19.2 Å². The van der Waals surface area contributed by atoms with Gasteiger partial charge in [0.15, 0.2) is 0 Å². The average molecular weight is 200 g/mol. The molecule has 0 spiro atoms. The number of fused-ring (bicyclic) bond motifs is 1. The molecule has 0 fully saturated rings. The predicted molar refractivity (Wildman–Crippen MR) is 48.7 cm³/mol. The first-order chi connectivity index (χ1) is 5.97. The Kier molecular flexibility index (Phi) is 3.01. The van der Waals surface area contributed by atoms with E-state index < -0.39 is 7.82 Å². The highest BCUT2D eigenvalue weighted by Gasteiger charge is 2.04. The maximum absolute atomic E-state index is 8.88. The lowest BCUT2D eigenvalue weighted by molar-refractivity contribution is 0.275. The molecule has 0 aromatic carbocycles. The summed E-state index contributed by atoms with van der Waals surface area (Å²) in [5, 5.41) is 0. The third-order valence-corrected chi connectivity index (χ3v) is 1.44. The molecule has 0 unspecified atom stereocenters. The van der Waals surface area contributed by atoms with Gasteiger partial charge in [0.25, 0.3) is 0 Å². The van der Waals surface area contributed by atoms with Crippen LogP contribution in [0, 0.1) is 0 Å². The van der Waals surface area contributed by atoms with Gasteiger partial charge in [0, 0.05) is 0 Å². The van der Waals surface area contributed by atoms with Gasteiger partial charge in [0.05, 0.1) is 0 Å². The van der Waals surface area contributed by atoms with Crippen LogP contribution in [0.4, 0.5) is 0 Å². The van der Waals surface area contributed by atoms with Crippen LogP contribution in [0.1, 0.15) is 0 Å². The molecule has 2 aliphatic rings. The Balaban J connectivity index is 0.000000149. The highest BCUT2D eigenvalue weighted by atomic mass is 31.2. The van der Waals surface area contributed by atoms with Crippen LogP contribution in [0.15, 0.2) is 47.6 Å². The van der Waals surface area contributed by atoms with Crippen LogP contribution in [0.3, 0.4) is 0 Å². The molecule has 0 radical (unpaired) electrons. The van der Waals surface area contributed by atoms with Crippen molar-refractivity contribution in [2.75, 3.05) is 0 Å². The Morgan fingerprint density at radius 3 is 1.54 bits per heavy atom. The van der Waals surface area contributed by atoms with Crippen molar-refractivity contribution in [2.24, 2.45) is 0 Å². The van der Waals surface area contributed by atoms with Gasteiger partial charge in [0.1, 0.15) is 0 Å². The summed E-state index contributed by atoms with van der Waals surface area (Å²) in [4.78, 5) is 21.6. The highest BCUT2D eigenvalue weighted by molar-refractivity contribution is 7.45. The first kappa shape index (κ1) is 10.2. The SMILES string of the molecule is C1=CC2=CC=CC2=C1.O=P(O)(O)O. The van der Waals surface area contributed by atoms with Crippen LogP contribution < -0.4 is 0 Å². The number of allylic oxidation sites excluding steroid dienone is 8. The number of phosphoric acid groups is 1. The Labute approximate surface area is 75.5 Å². The van der Waals surface area contributed by atoms with E-state index in [2.05, 4.69) is 36.5 Å². The maximum Gasteiger partial charge on any atom is 0.466 e. The molecule has 0 saturated carbocycles. The van der Waals surface area contributed by atoms with E-state index in [0.717, 1.165) is 0 Å². The summed E-state index contributed by atoms with van der Waals surface area (Å²) in [5.74, 6) is 0. The van der Waals surface area contributed by atoms with E-state index in [0.29, 0.717) is 0 Å². The molecule has 3 N–H and O–H groups in total. The van der Waals surface area contributed by atoms with Gasteiger partial charge in [-0.2, -0.15) is 0 Å². The molecule has 0 aromatic rings. The smallest absolute Gasteiger partial charge is 0.303 e. The van der Waals surface area contributed by atoms with E-state index in [-0.39, 0.29) is 0 Å². The van der Waals surface area contributed by atoms with Crippen molar-refractivity contribution in [1.82, 2.24) is 0 Å². The Hall–Kier alpha value is -0.930. The second-order valence-corrected chi connectivity index (χ2v) is 3.50. The Bertz CT molecular complexity index is 322. The molecule has 0 amide bonds. The normalized spacial score (nSPS) is 17.5. The summed E-state index contributed by atoms with van der Waals surface area (Å²) in [6.07, 6.45) is 12.6. The molecule has 70 valence electrons. The van der Waals surface area contributed by atoms with Crippen LogP contribution in [0.25, 0.3) is 0 Å². The van der Waals surface area contributed by atoms with Gasteiger partial charge in [-0.1, -0.05) is 36.5 Å². The quantitative estimate of drug-likeness (QED) is 0.511. The minimum absolute atomic E-state index is 1.35. The molecule has 0 bridgehead atoms. The minimum Gasteiger partial charge on any atom is -0.303 e. The van der Waals surface area contributed by atoms with Gasteiger partial charge >= 0.3 is 7.82 Å². The lowest BCUT2D eigenvalue weighted by Gasteiger charge is -1.85. The number of hydrogen-bond donors (Lipinski definition) is 3. The fraction of sp³-hybridized carbons (Fsp3) is 0. The van der Waals surface area contributed by atoms with E-state index in [1.165, 1.54) is 11.1 Å². The van der Waals surface area contributed by atoms with Crippen molar-refractivity contribution < 1.29 is 19.2 Å². The van der Waals surface area contributed by atoms with Gasteiger partial charge in [0.2, 0.25) is 0 Å². The molecule has 0 aliphatic heterocycles. The van der Waals surface area contributed by atoms with Crippen molar-refractivity contribution in [2.45, 2.75) is 0 Å². The molecular formula is C8H9O4P. The molecule has 0 saturated heterocycles. The molecule has 0 aromatic heterocycles. The van der Waals surface area contributed by atoms with E-state index >= 15 is 0 Å². The Morgan fingerprint density at radius 2 is 1.23 bits per heavy atom. The van der Waals surface area contributed by atoms with Gasteiger partial charge in [-0.15, -0.1) is 0 Å². The van der Waals surface area contributed by atoms with Gasteiger partial charge in [-0.05, 0) is 11.1 Å². The van der Waals surface area contributed by atoms with Crippen molar-refractivity contribution in [3.63, 3.8) is 0 Å². The van der Waals surface area contributed by atoms with Crippen LogP contribution in [-0.4, -0.2) is 14.7 Å². The molecule has 0 atom stereocenters.